The highest BCUT2D eigenvalue weighted by molar-refractivity contribution is 9.09. The van der Waals surface area contributed by atoms with E-state index in [4.69, 9.17) is 0 Å². The van der Waals surface area contributed by atoms with E-state index < -0.39 is 140 Å². The molecule has 0 aliphatic heterocycles. The van der Waals surface area contributed by atoms with Gasteiger partial charge in [0.1, 0.15) is 18.6 Å². The summed E-state index contributed by atoms with van der Waals surface area (Å²) in [5.41, 5.74) is -4.01. The number of carbonyl (C=O) groups excluding carboxylic acids is 4. The number of esters is 3. The number of carbonyl (C=O) groups is 4. The number of halogens is 21. The maximum atomic E-state index is 14.6. The second-order valence-corrected chi connectivity index (χ2v) is 22.9. The van der Waals surface area contributed by atoms with Gasteiger partial charge in [-0.3, -0.25) is 14.4 Å². The van der Waals surface area contributed by atoms with E-state index in [1.165, 1.54) is 0 Å². The molecule has 0 aromatic heterocycles. The number of benzene rings is 1. The molecular formula is C36H39BrF20O9Si. The Hall–Kier alpha value is -3.80. The van der Waals surface area contributed by atoms with Gasteiger partial charge >= 0.3 is 83.3 Å². The number of alkyl halides is 21. The van der Waals surface area contributed by atoms with Crippen LogP contribution < -0.4 is 5.19 Å². The largest absolute Gasteiger partial charge is 0.508 e. The average Bonchev–Trinajstić information content (AvgIpc) is 3.18. The lowest BCUT2D eigenvalue weighted by atomic mass is 9.85. The van der Waals surface area contributed by atoms with Gasteiger partial charge in [0.05, 0.1) is 20.6 Å². The summed E-state index contributed by atoms with van der Waals surface area (Å²) in [5.74, 6) is -90.3. The predicted octanol–water partition coefficient (Wildman–Crippen LogP) is 10.9. The molecule has 67 heavy (non-hydrogen) atoms. The Morgan fingerprint density at radius 1 is 0.522 bits per heavy atom. The van der Waals surface area contributed by atoms with Crippen LogP contribution in [0.15, 0.2) is 24.3 Å². The van der Waals surface area contributed by atoms with Gasteiger partial charge in [0.15, 0.2) is 13.2 Å². The summed E-state index contributed by atoms with van der Waals surface area (Å²) in [6.07, 6.45) is -3.25. The normalized spacial score (nSPS) is 15.8. The summed E-state index contributed by atoms with van der Waals surface area (Å²) in [6.45, 7) is -0.600. The third kappa shape index (κ3) is 11.5. The van der Waals surface area contributed by atoms with Crippen LogP contribution in [0.25, 0.3) is 0 Å². The quantitative estimate of drug-likeness (QED) is 0.0347. The van der Waals surface area contributed by atoms with Crippen molar-refractivity contribution in [1.82, 2.24) is 0 Å². The van der Waals surface area contributed by atoms with Crippen LogP contribution in [-0.4, -0.2) is 125 Å². The van der Waals surface area contributed by atoms with Crippen molar-refractivity contribution in [2.75, 3.05) is 33.5 Å². The Labute approximate surface area is 375 Å². The third-order valence-electron chi connectivity index (χ3n) is 9.60. The molecule has 0 amide bonds. The summed E-state index contributed by atoms with van der Waals surface area (Å²) in [4.78, 5) is 46.4. The molecule has 0 heterocycles. The van der Waals surface area contributed by atoms with Gasteiger partial charge < -0.3 is 23.7 Å². The van der Waals surface area contributed by atoms with Gasteiger partial charge in [-0.2, -0.15) is 87.8 Å². The molecule has 0 N–H and O–H groups in total. The van der Waals surface area contributed by atoms with Crippen LogP contribution in [0.4, 0.5) is 92.6 Å². The van der Waals surface area contributed by atoms with Crippen LogP contribution in [0, 0.1) is 10.8 Å². The zero-order valence-electron chi connectivity index (χ0n) is 35.5. The number of methoxy groups -OCH3 is 1. The molecule has 0 saturated carbocycles. The standard InChI is InChI=1S/C36H39BrF20O9Si/c1-18(58)63-14-26(4,23(60)62-5)15-65-24(61)66-17-28(40,41)30(44,45)32(48,49)34(52,53)36(56,57)35(54,55)33(50,51)31(46,47)29(42,43)27(38,39)16-64-22(59)25(2,3)13-21(37)19-9-11-20(12-10-19)67(6,7)8/h9-12,21H,13-17H2,1-8H3. The maximum Gasteiger partial charge on any atom is 0.508 e. The van der Waals surface area contributed by atoms with Crippen LogP contribution in [0.3, 0.4) is 0 Å². The van der Waals surface area contributed by atoms with Crippen LogP contribution in [-0.2, 0) is 38.1 Å². The Kier molecular flexibility index (Phi) is 17.8. The first-order chi connectivity index (χ1) is 29.5. The number of ether oxygens (including phenoxy) is 5. The first-order valence-electron chi connectivity index (χ1n) is 18.2. The van der Waals surface area contributed by atoms with Gasteiger partial charge in [-0.1, -0.05) is 65.0 Å². The topological polar surface area (TPSA) is 114 Å². The highest BCUT2D eigenvalue weighted by atomic mass is 79.9. The fourth-order valence-electron chi connectivity index (χ4n) is 5.09. The number of hydrogen-bond acceptors (Lipinski definition) is 9. The molecule has 0 bridgehead atoms. The second kappa shape index (κ2) is 19.5. The molecule has 2 atom stereocenters. The summed E-state index contributed by atoms with van der Waals surface area (Å²) < 4.78 is 309. The molecule has 9 nitrogen and oxygen atoms in total. The molecule has 0 aliphatic carbocycles. The maximum absolute atomic E-state index is 14.6. The van der Waals surface area contributed by atoms with E-state index >= 15 is 0 Å². The molecule has 0 fully saturated rings. The summed E-state index contributed by atoms with van der Waals surface area (Å²) in [6, 6.07) is 6.47. The van der Waals surface area contributed by atoms with Gasteiger partial charge in [0.25, 0.3) is 0 Å². The van der Waals surface area contributed by atoms with Crippen molar-refractivity contribution >= 4 is 53.3 Å². The van der Waals surface area contributed by atoms with E-state index in [1.54, 1.807) is 24.3 Å². The average molecular weight is 1100 g/mol. The lowest BCUT2D eigenvalue weighted by Crippen LogP contribution is -2.77. The molecule has 0 saturated heterocycles. The second-order valence-electron chi connectivity index (χ2n) is 16.7. The van der Waals surface area contributed by atoms with E-state index in [9.17, 15) is 107 Å². The van der Waals surface area contributed by atoms with E-state index in [2.05, 4.69) is 39.6 Å². The Morgan fingerprint density at radius 2 is 0.851 bits per heavy atom. The monoisotopic (exact) mass is 1100 g/mol. The molecular weight excluding hydrogens is 1060 g/mol. The zero-order valence-corrected chi connectivity index (χ0v) is 38.1. The molecule has 1 aromatic rings. The Morgan fingerprint density at radius 3 is 1.19 bits per heavy atom. The van der Waals surface area contributed by atoms with Crippen LogP contribution >= 0.6 is 15.9 Å². The van der Waals surface area contributed by atoms with Crippen molar-refractivity contribution in [3.63, 3.8) is 0 Å². The van der Waals surface area contributed by atoms with E-state index in [0.717, 1.165) is 32.9 Å². The van der Waals surface area contributed by atoms with E-state index in [0.29, 0.717) is 12.7 Å². The fourth-order valence-corrected chi connectivity index (χ4v) is 7.37. The van der Waals surface area contributed by atoms with Gasteiger partial charge in [-0.15, -0.1) is 0 Å². The molecule has 2 unspecified atom stereocenters. The molecule has 0 radical (unpaired) electrons. The minimum atomic E-state index is -9.33. The van der Waals surface area contributed by atoms with Gasteiger partial charge in [-0.25, -0.2) is 4.79 Å². The summed E-state index contributed by atoms with van der Waals surface area (Å²) in [5, 5.41) is 0.931. The first kappa shape index (κ1) is 61.2. The third-order valence-corrected chi connectivity index (χ3v) is 12.5. The van der Waals surface area contributed by atoms with Crippen molar-refractivity contribution in [3.8, 4) is 0 Å². The van der Waals surface area contributed by atoms with Gasteiger partial charge in [0.2, 0.25) is 0 Å². The molecule has 388 valence electrons. The van der Waals surface area contributed by atoms with Crippen LogP contribution in [0.2, 0.25) is 19.6 Å². The molecule has 1 aromatic carbocycles. The van der Waals surface area contributed by atoms with Gasteiger partial charge in [-0.05, 0) is 32.8 Å². The van der Waals surface area contributed by atoms with E-state index in [-0.39, 0.29) is 0 Å². The molecule has 1 rings (SSSR count). The molecule has 0 spiro atoms. The molecule has 31 heteroatoms. The first-order valence-corrected chi connectivity index (χ1v) is 22.6. The fraction of sp³-hybridized carbons (Fsp3) is 0.722. The smallest absolute Gasteiger partial charge is 0.468 e. The highest BCUT2D eigenvalue weighted by Gasteiger charge is 2.97. The Balaban J connectivity index is 3.42. The minimum Gasteiger partial charge on any atom is -0.468 e. The molecule has 0 aliphatic rings. The number of hydrogen-bond donors (Lipinski definition) is 0. The zero-order chi connectivity index (χ0) is 53.4. The van der Waals surface area contributed by atoms with E-state index in [1.807, 2.05) is 19.6 Å². The SMILES string of the molecule is COC(=O)C(C)(COC(C)=O)COC(=O)OCC(F)(F)C(F)(F)C(F)(F)C(F)(F)C(F)(F)C(F)(F)C(F)(F)C(F)(F)C(F)(F)C(F)(F)COC(=O)C(C)(C)CC(Br)c1ccc([Si](C)(C)C)cc1. The van der Waals surface area contributed by atoms with Crippen LogP contribution in [0.5, 0.6) is 0 Å². The summed E-state index contributed by atoms with van der Waals surface area (Å²) in [7, 11) is -1.17. The minimum absolute atomic E-state index is 0.407. The van der Waals surface area contributed by atoms with Crippen molar-refractivity contribution in [3.05, 3.63) is 29.8 Å². The lowest BCUT2D eigenvalue weighted by Gasteiger charge is -2.45. The number of rotatable bonds is 23. The van der Waals surface area contributed by atoms with Crippen molar-refractivity contribution in [1.29, 1.82) is 0 Å². The van der Waals surface area contributed by atoms with Crippen molar-refractivity contribution < 1.29 is 131 Å². The Bertz CT molecular complexity index is 1940. The lowest BCUT2D eigenvalue weighted by molar-refractivity contribution is -0.469. The van der Waals surface area contributed by atoms with Crippen LogP contribution in [0.1, 0.15) is 44.5 Å². The van der Waals surface area contributed by atoms with Crippen molar-refractivity contribution in [2.45, 2.75) is 118 Å². The summed E-state index contributed by atoms with van der Waals surface area (Å²) >= 11 is 3.15. The predicted molar refractivity (Wildman–Crippen MR) is 194 cm³/mol. The van der Waals surface area contributed by atoms with Gasteiger partial charge in [0, 0.05) is 11.8 Å². The van der Waals surface area contributed by atoms with Crippen molar-refractivity contribution in [2.24, 2.45) is 10.8 Å². The highest BCUT2D eigenvalue weighted by Crippen LogP contribution is 2.66.